The molecule has 0 heterocycles. The van der Waals surface area contributed by atoms with Gasteiger partial charge in [-0.05, 0) is 42.2 Å². The first kappa shape index (κ1) is 13.7. The van der Waals surface area contributed by atoms with E-state index in [9.17, 15) is 4.79 Å². The second kappa shape index (κ2) is 5.60. The fourth-order valence-electron chi connectivity index (χ4n) is 2.87. The van der Waals surface area contributed by atoms with E-state index in [1.807, 2.05) is 49.3 Å². The van der Waals surface area contributed by atoms with Gasteiger partial charge in [0.05, 0.1) is 6.04 Å². The van der Waals surface area contributed by atoms with Crippen LogP contribution in [0.5, 0.6) is 0 Å². The maximum absolute atomic E-state index is 12.5. The van der Waals surface area contributed by atoms with Crippen LogP contribution >= 0.6 is 0 Å². The second-order valence-corrected chi connectivity index (χ2v) is 5.71. The van der Waals surface area contributed by atoms with E-state index >= 15 is 0 Å². The number of fused-ring (bicyclic) bond motifs is 1. The lowest BCUT2D eigenvalue weighted by molar-refractivity contribution is 0.0937. The van der Waals surface area contributed by atoms with E-state index in [1.165, 1.54) is 11.1 Å². The number of hydrogen-bond acceptors (Lipinski definition) is 2. The predicted molar refractivity (Wildman–Crippen MR) is 85.7 cm³/mol. The van der Waals surface area contributed by atoms with Crippen LogP contribution in [0.15, 0.2) is 48.5 Å². The number of carbonyl (C=O) groups excluding carboxylic acids is 1. The number of nitrogens with one attached hydrogen (secondary N) is 1. The second-order valence-electron chi connectivity index (χ2n) is 5.71. The lowest BCUT2D eigenvalue weighted by Crippen LogP contribution is -2.27. The minimum absolute atomic E-state index is 0.000373. The van der Waals surface area contributed by atoms with Gasteiger partial charge in [0.1, 0.15) is 0 Å². The molecule has 0 saturated heterocycles. The van der Waals surface area contributed by atoms with E-state index in [1.54, 1.807) is 0 Å². The molecule has 0 spiro atoms. The van der Waals surface area contributed by atoms with E-state index in [2.05, 4.69) is 23.5 Å². The highest BCUT2D eigenvalue weighted by Gasteiger charge is 2.23. The third-order valence-corrected chi connectivity index (χ3v) is 4.06. The fraction of sp³-hybridized carbons (Fsp3) is 0.278. The Labute approximate surface area is 125 Å². The lowest BCUT2D eigenvalue weighted by atomic mass is 10.1. The SMILES string of the molecule is CN(C)c1cccc(C(=O)NC2CCc3ccccc32)c1. The topological polar surface area (TPSA) is 32.3 Å². The standard InChI is InChI=1S/C18H20N2O/c1-20(2)15-8-5-7-14(12-15)18(21)19-17-11-10-13-6-3-4-9-16(13)17/h3-9,12,17H,10-11H2,1-2H3,(H,19,21). The molecular formula is C18H20N2O. The van der Waals surface area contributed by atoms with Crippen molar-refractivity contribution in [1.29, 1.82) is 0 Å². The molecule has 1 aliphatic rings. The van der Waals surface area contributed by atoms with Crippen molar-refractivity contribution < 1.29 is 4.79 Å². The third kappa shape index (κ3) is 2.77. The van der Waals surface area contributed by atoms with Crippen LogP contribution in [-0.4, -0.2) is 20.0 Å². The lowest BCUT2D eigenvalue weighted by Gasteiger charge is -2.16. The number of hydrogen-bond donors (Lipinski definition) is 1. The van der Waals surface area contributed by atoms with Gasteiger partial charge in [0, 0.05) is 25.3 Å². The summed E-state index contributed by atoms with van der Waals surface area (Å²) in [5, 5.41) is 3.16. The summed E-state index contributed by atoms with van der Waals surface area (Å²) >= 11 is 0. The normalized spacial score (nSPS) is 16.4. The molecule has 1 amide bonds. The van der Waals surface area contributed by atoms with Crippen LogP contribution in [0.25, 0.3) is 0 Å². The van der Waals surface area contributed by atoms with Gasteiger partial charge in [-0.2, -0.15) is 0 Å². The van der Waals surface area contributed by atoms with E-state index in [-0.39, 0.29) is 11.9 Å². The molecule has 21 heavy (non-hydrogen) atoms. The first-order valence-corrected chi connectivity index (χ1v) is 7.31. The Bertz CT molecular complexity index is 664. The Kier molecular flexibility index (Phi) is 3.65. The molecule has 2 aromatic rings. The summed E-state index contributed by atoms with van der Waals surface area (Å²) in [7, 11) is 3.95. The molecule has 108 valence electrons. The van der Waals surface area contributed by atoms with Crippen LogP contribution in [0.3, 0.4) is 0 Å². The molecule has 3 nitrogen and oxygen atoms in total. The Balaban J connectivity index is 1.77. The minimum atomic E-state index is 0.000373. The van der Waals surface area contributed by atoms with E-state index in [0.29, 0.717) is 5.56 Å². The monoisotopic (exact) mass is 280 g/mol. The van der Waals surface area contributed by atoms with Gasteiger partial charge in [-0.25, -0.2) is 0 Å². The number of benzene rings is 2. The highest BCUT2D eigenvalue weighted by atomic mass is 16.1. The van der Waals surface area contributed by atoms with Crippen molar-refractivity contribution in [3.8, 4) is 0 Å². The minimum Gasteiger partial charge on any atom is -0.378 e. The summed E-state index contributed by atoms with van der Waals surface area (Å²) in [6, 6.07) is 16.2. The van der Waals surface area contributed by atoms with Crippen LogP contribution in [0.2, 0.25) is 0 Å². The number of carbonyl (C=O) groups is 1. The number of rotatable bonds is 3. The molecule has 0 radical (unpaired) electrons. The first-order valence-electron chi connectivity index (χ1n) is 7.31. The zero-order valence-electron chi connectivity index (χ0n) is 12.5. The van der Waals surface area contributed by atoms with Crippen LogP contribution in [0, 0.1) is 0 Å². The molecule has 3 rings (SSSR count). The molecule has 1 N–H and O–H groups in total. The maximum Gasteiger partial charge on any atom is 0.251 e. The predicted octanol–water partition coefficient (Wildman–Crippen LogP) is 3.17. The molecule has 0 aromatic heterocycles. The van der Waals surface area contributed by atoms with Crippen molar-refractivity contribution in [1.82, 2.24) is 5.32 Å². The van der Waals surface area contributed by atoms with Crippen molar-refractivity contribution in [2.75, 3.05) is 19.0 Å². The fourth-order valence-corrected chi connectivity index (χ4v) is 2.87. The molecule has 0 bridgehead atoms. The van der Waals surface area contributed by atoms with Crippen molar-refractivity contribution in [3.63, 3.8) is 0 Å². The summed E-state index contributed by atoms with van der Waals surface area (Å²) < 4.78 is 0. The van der Waals surface area contributed by atoms with Gasteiger partial charge in [0.2, 0.25) is 0 Å². The summed E-state index contributed by atoms with van der Waals surface area (Å²) in [5.74, 6) is 0.000373. The number of nitrogens with zero attached hydrogens (tertiary/aromatic N) is 1. The average Bonchev–Trinajstić information content (AvgIpc) is 2.91. The quantitative estimate of drug-likeness (QED) is 0.936. The molecule has 2 aromatic carbocycles. The van der Waals surface area contributed by atoms with E-state index in [4.69, 9.17) is 0 Å². The summed E-state index contributed by atoms with van der Waals surface area (Å²) in [6.45, 7) is 0. The van der Waals surface area contributed by atoms with Crippen molar-refractivity contribution in [2.45, 2.75) is 18.9 Å². The van der Waals surface area contributed by atoms with Gasteiger partial charge in [0.15, 0.2) is 0 Å². The zero-order valence-corrected chi connectivity index (χ0v) is 12.5. The summed E-state index contributed by atoms with van der Waals surface area (Å²) in [5.41, 5.74) is 4.36. The van der Waals surface area contributed by atoms with Crippen LogP contribution < -0.4 is 10.2 Å². The largest absolute Gasteiger partial charge is 0.378 e. The summed E-state index contributed by atoms with van der Waals surface area (Å²) in [6.07, 6.45) is 2.03. The van der Waals surface area contributed by atoms with E-state index in [0.717, 1.165) is 18.5 Å². The van der Waals surface area contributed by atoms with Gasteiger partial charge < -0.3 is 10.2 Å². The van der Waals surface area contributed by atoms with Gasteiger partial charge in [-0.15, -0.1) is 0 Å². The van der Waals surface area contributed by atoms with Crippen molar-refractivity contribution in [3.05, 3.63) is 65.2 Å². The number of anilines is 1. The first-order chi connectivity index (χ1) is 10.1. The van der Waals surface area contributed by atoms with Crippen LogP contribution in [0.4, 0.5) is 5.69 Å². The molecule has 0 fully saturated rings. The van der Waals surface area contributed by atoms with Crippen molar-refractivity contribution in [2.24, 2.45) is 0 Å². The highest BCUT2D eigenvalue weighted by molar-refractivity contribution is 5.95. The Morgan fingerprint density at radius 2 is 1.95 bits per heavy atom. The van der Waals surface area contributed by atoms with Gasteiger partial charge in [-0.3, -0.25) is 4.79 Å². The molecule has 0 aliphatic heterocycles. The zero-order chi connectivity index (χ0) is 14.8. The molecule has 1 atom stereocenters. The smallest absolute Gasteiger partial charge is 0.251 e. The molecular weight excluding hydrogens is 260 g/mol. The molecule has 0 saturated carbocycles. The van der Waals surface area contributed by atoms with Gasteiger partial charge in [0.25, 0.3) is 5.91 Å². The maximum atomic E-state index is 12.5. The Hall–Kier alpha value is -2.29. The molecule has 3 heteroatoms. The third-order valence-electron chi connectivity index (χ3n) is 4.06. The van der Waals surface area contributed by atoms with Gasteiger partial charge in [-0.1, -0.05) is 30.3 Å². The van der Waals surface area contributed by atoms with Crippen molar-refractivity contribution >= 4 is 11.6 Å². The summed E-state index contributed by atoms with van der Waals surface area (Å²) in [4.78, 5) is 14.5. The van der Waals surface area contributed by atoms with Crippen LogP contribution in [-0.2, 0) is 6.42 Å². The van der Waals surface area contributed by atoms with E-state index < -0.39 is 0 Å². The number of amides is 1. The van der Waals surface area contributed by atoms with Crippen LogP contribution in [0.1, 0.15) is 33.9 Å². The Morgan fingerprint density at radius 3 is 2.76 bits per heavy atom. The number of aryl methyl sites for hydroxylation is 1. The average molecular weight is 280 g/mol. The molecule has 1 aliphatic carbocycles. The van der Waals surface area contributed by atoms with Gasteiger partial charge >= 0.3 is 0 Å². The Morgan fingerprint density at radius 1 is 1.14 bits per heavy atom. The highest BCUT2D eigenvalue weighted by Crippen LogP contribution is 2.31. The molecule has 1 unspecified atom stereocenters.